The molecule has 31 heavy (non-hydrogen) atoms. The van der Waals surface area contributed by atoms with E-state index in [2.05, 4.69) is 15.1 Å². The van der Waals surface area contributed by atoms with Gasteiger partial charge in [0.05, 0.1) is 34.7 Å². The second-order valence-electron chi connectivity index (χ2n) is 7.64. The highest BCUT2D eigenvalue weighted by Gasteiger charge is 2.34. The maximum absolute atomic E-state index is 13.8. The van der Waals surface area contributed by atoms with Crippen LogP contribution in [0.4, 0.5) is 13.2 Å². The maximum Gasteiger partial charge on any atom is 0.256 e. The maximum atomic E-state index is 13.8. The molecule has 1 N–H and O–H groups in total. The third kappa shape index (κ3) is 2.91. The van der Waals surface area contributed by atoms with Gasteiger partial charge in [-0.05, 0) is 31.5 Å². The zero-order valence-electron chi connectivity index (χ0n) is 16.8. The molecule has 1 aliphatic heterocycles. The number of benzene rings is 1. The number of H-pyrrole nitrogens is 1. The highest BCUT2D eigenvalue weighted by Crippen LogP contribution is 2.37. The molecule has 0 spiro atoms. The van der Waals surface area contributed by atoms with Gasteiger partial charge >= 0.3 is 0 Å². The average Bonchev–Trinajstić information content (AvgIpc) is 3.32. The largest absolute Gasteiger partial charge is 0.359 e. The molecular formula is C22H18F3N5O. The number of carbonyl (C=O) groups excluding carboxylic acids is 1. The monoisotopic (exact) mass is 425 g/mol. The van der Waals surface area contributed by atoms with Gasteiger partial charge in [-0.25, -0.2) is 13.2 Å². The van der Waals surface area contributed by atoms with Crippen LogP contribution in [0.2, 0.25) is 0 Å². The fourth-order valence-electron chi connectivity index (χ4n) is 4.38. The molecule has 0 radical (unpaired) electrons. The summed E-state index contributed by atoms with van der Waals surface area (Å²) in [6, 6.07) is 3.38. The molecule has 1 unspecified atom stereocenters. The first kappa shape index (κ1) is 19.3. The smallest absolute Gasteiger partial charge is 0.256 e. The molecule has 1 amide bonds. The van der Waals surface area contributed by atoms with E-state index in [9.17, 15) is 18.0 Å². The van der Waals surface area contributed by atoms with Crippen molar-refractivity contribution in [3.8, 4) is 11.3 Å². The second kappa shape index (κ2) is 6.97. The molecule has 0 saturated heterocycles. The van der Waals surface area contributed by atoms with Crippen LogP contribution >= 0.6 is 0 Å². The van der Waals surface area contributed by atoms with E-state index in [0.717, 1.165) is 28.6 Å². The lowest BCUT2D eigenvalue weighted by atomic mass is 9.95. The van der Waals surface area contributed by atoms with Gasteiger partial charge in [-0.15, -0.1) is 0 Å². The quantitative estimate of drug-likeness (QED) is 0.491. The van der Waals surface area contributed by atoms with Gasteiger partial charge in [0, 0.05) is 42.5 Å². The molecule has 1 aliphatic rings. The van der Waals surface area contributed by atoms with Crippen molar-refractivity contribution in [1.29, 1.82) is 0 Å². The number of hydrogen-bond donors (Lipinski definition) is 1. The Morgan fingerprint density at radius 3 is 2.71 bits per heavy atom. The molecule has 1 aromatic carbocycles. The van der Waals surface area contributed by atoms with Crippen molar-refractivity contribution in [1.82, 2.24) is 24.6 Å². The Morgan fingerprint density at radius 1 is 1.23 bits per heavy atom. The Hall–Kier alpha value is -3.62. The van der Waals surface area contributed by atoms with Crippen molar-refractivity contribution in [2.45, 2.75) is 19.4 Å². The lowest BCUT2D eigenvalue weighted by Gasteiger charge is -2.33. The van der Waals surface area contributed by atoms with E-state index in [1.807, 2.05) is 6.92 Å². The van der Waals surface area contributed by atoms with Crippen LogP contribution in [0.25, 0.3) is 22.2 Å². The van der Waals surface area contributed by atoms with Crippen LogP contribution in [0.5, 0.6) is 0 Å². The molecular weight excluding hydrogens is 407 g/mol. The first-order chi connectivity index (χ1) is 14.9. The topological polar surface area (TPSA) is 66.8 Å². The molecule has 0 fully saturated rings. The lowest BCUT2D eigenvalue weighted by Crippen LogP contribution is -2.38. The minimum absolute atomic E-state index is 0.137. The molecule has 0 aliphatic carbocycles. The van der Waals surface area contributed by atoms with Crippen LogP contribution in [0.3, 0.4) is 0 Å². The van der Waals surface area contributed by atoms with Gasteiger partial charge in [0.15, 0.2) is 17.5 Å². The first-order valence-electron chi connectivity index (χ1n) is 9.79. The molecule has 4 heterocycles. The summed E-state index contributed by atoms with van der Waals surface area (Å²) in [5, 5.41) is 5.32. The average molecular weight is 425 g/mol. The highest BCUT2D eigenvalue weighted by molar-refractivity contribution is 6.06. The van der Waals surface area contributed by atoms with Crippen LogP contribution < -0.4 is 0 Å². The number of pyridine rings is 1. The molecule has 3 aromatic heterocycles. The first-order valence-corrected chi connectivity index (χ1v) is 9.79. The minimum atomic E-state index is -1.50. The third-order valence-electron chi connectivity index (χ3n) is 5.87. The summed E-state index contributed by atoms with van der Waals surface area (Å²) in [5.74, 6) is -4.14. The van der Waals surface area contributed by atoms with E-state index in [0.29, 0.717) is 29.9 Å². The highest BCUT2D eigenvalue weighted by atomic mass is 19.2. The number of aryl methyl sites for hydroxylation is 1. The lowest BCUT2D eigenvalue weighted by molar-refractivity contribution is 0.0676. The molecule has 0 saturated carbocycles. The van der Waals surface area contributed by atoms with E-state index in [1.165, 1.54) is 4.68 Å². The number of nitrogens with one attached hydrogen (secondary N) is 1. The predicted octanol–water partition coefficient (Wildman–Crippen LogP) is 4.14. The fourth-order valence-corrected chi connectivity index (χ4v) is 4.38. The number of fused-ring (bicyclic) bond motifs is 2. The number of rotatable bonds is 2. The van der Waals surface area contributed by atoms with E-state index in [1.54, 1.807) is 36.6 Å². The zero-order chi connectivity index (χ0) is 21.9. The van der Waals surface area contributed by atoms with E-state index >= 15 is 0 Å². The fraction of sp³-hybridized carbons (Fsp3) is 0.227. The molecule has 0 bridgehead atoms. The third-order valence-corrected chi connectivity index (χ3v) is 5.87. The van der Waals surface area contributed by atoms with Gasteiger partial charge in [0.25, 0.3) is 5.91 Å². The summed E-state index contributed by atoms with van der Waals surface area (Å²) in [5.41, 5.74) is 3.51. The molecule has 6 nitrogen and oxygen atoms in total. The van der Waals surface area contributed by atoms with Gasteiger partial charge < -0.3 is 9.88 Å². The summed E-state index contributed by atoms with van der Waals surface area (Å²) in [4.78, 5) is 22.1. The predicted molar refractivity (Wildman–Crippen MR) is 108 cm³/mol. The Balaban J connectivity index is 1.53. The number of aromatic nitrogens is 4. The van der Waals surface area contributed by atoms with Gasteiger partial charge in [-0.3, -0.25) is 14.5 Å². The van der Waals surface area contributed by atoms with Crippen LogP contribution in [0.15, 0.2) is 36.8 Å². The van der Waals surface area contributed by atoms with E-state index < -0.39 is 17.5 Å². The van der Waals surface area contributed by atoms with Crippen molar-refractivity contribution in [3.05, 3.63) is 71.1 Å². The molecule has 9 heteroatoms. The van der Waals surface area contributed by atoms with Gasteiger partial charge in [-0.2, -0.15) is 5.10 Å². The van der Waals surface area contributed by atoms with Crippen LogP contribution in [0.1, 0.15) is 34.6 Å². The van der Waals surface area contributed by atoms with Gasteiger partial charge in [0.2, 0.25) is 0 Å². The minimum Gasteiger partial charge on any atom is -0.359 e. The molecule has 4 aromatic rings. The summed E-state index contributed by atoms with van der Waals surface area (Å²) in [6.07, 6.45) is 5.43. The SMILES string of the molecule is CC1c2nn(C)c(-c3cc(F)c(F)c(F)c3)c2CCN1C(=O)c1c[nH]c2cnccc12. The van der Waals surface area contributed by atoms with Gasteiger partial charge in [0.1, 0.15) is 0 Å². The normalized spacial score (nSPS) is 16.0. The molecule has 5 rings (SSSR count). The van der Waals surface area contributed by atoms with E-state index in [-0.39, 0.29) is 17.5 Å². The summed E-state index contributed by atoms with van der Waals surface area (Å²) in [6.45, 7) is 2.28. The molecule has 158 valence electrons. The number of aromatic amines is 1. The summed E-state index contributed by atoms with van der Waals surface area (Å²) < 4.78 is 42.6. The summed E-state index contributed by atoms with van der Waals surface area (Å²) in [7, 11) is 1.67. The standard InChI is InChI=1S/C22H18F3N5O/c1-11-20-14(21(29(2)28-20)12-7-16(23)19(25)17(24)8-12)4-6-30(11)22(31)15-9-27-18-10-26-5-3-13(15)18/h3,5,7-11,27H,4,6H2,1-2H3. The Kier molecular flexibility index (Phi) is 4.35. The van der Waals surface area contributed by atoms with Crippen molar-refractivity contribution in [2.24, 2.45) is 7.05 Å². The number of carbonyl (C=O) groups is 1. The van der Waals surface area contributed by atoms with Crippen LogP contribution in [-0.2, 0) is 13.5 Å². The number of hydrogen-bond acceptors (Lipinski definition) is 3. The van der Waals surface area contributed by atoms with Crippen LogP contribution in [0, 0.1) is 17.5 Å². The van der Waals surface area contributed by atoms with E-state index in [4.69, 9.17) is 0 Å². The number of nitrogens with zero attached hydrogens (tertiary/aromatic N) is 4. The van der Waals surface area contributed by atoms with Crippen molar-refractivity contribution in [2.75, 3.05) is 6.54 Å². The number of halogens is 3. The van der Waals surface area contributed by atoms with Crippen LogP contribution in [-0.4, -0.2) is 37.1 Å². The van der Waals surface area contributed by atoms with Crippen molar-refractivity contribution >= 4 is 16.8 Å². The number of amides is 1. The zero-order valence-corrected chi connectivity index (χ0v) is 16.8. The molecule has 1 atom stereocenters. The summed E-state index contributed by atoms with van der Waals surface area (Å²) >= 11 is 0. The Morgan fingerprint density at radius 2 is 1.97 bits per heavy atom. The van der Waals surface area contributed by atoms with Gasteiger partial charge in [-0.1, -0.05) is 0 Å². The van der Waals surface area contributed by atoms with Crippen molar-refractivity contribution in [3.63, 3.8) is 0 Å². The Labute approximate surface area is 175 Å². The second-order valence-corrected chi connectivity index (χ2v) is 7.64. The van der Waals surface area contributed by atoms with Crippen molar-refractivity contribution < 1.29 is 18.0 Å². The Bertz CT molecular complexity index is 1320.